The molecule has 0 unspecified atom stereocenters. The van der Waals surface area contributed by atoms with E-state index in [0.717, 1.165) is 16.7 Å². The van der Waals surface area contributed by atoms with E-state index in [4.69, 9.17) is 5.26 Å². The second-order valence-electron chi connectivity index (χ2n) is 2.53. The Morgan fingerprint density at radius 2 is 2.33 bits per heavy atom. The van der Waals surface area contributed by atoms with Gasteiger partial charge in [-0.15, -0.1) is 0 Å². The quantitative estimate of drug-likeness (QED) is 0.609. The van der Waals surface area contributed by atoms with Gasteiger partial charge in [-0.25, -0.2) is 4.68 Å². The summed E-state index contributed by atoms with van der Waals surface area (Å²) in [5, 5.41) is 13.8. The molecular formula is C7H6N4S. The van der Waals surface area contributed by atoms with Crippen molar-refractivity contribution in [1.29, 1.82) is 5.26 Å². The van der Waals surface area contributed by atoms with Gasteiger partial charge in [-0.05, 0) is 18.5 Å². The van der Waals surface area contributed by atoms with Crippen LogP contribution in [-0.4, -0.2) is 14.2 Å². The van der Waals surface area contributed by atoms with Crippen molar-refractivity contribution >= 4 is 22.6 Å². The molecule has 4 nitrogen and oxygen atoms in total. The van der Waals surface area contributed by atoms with Crippen molar-refractivity contribution in [2.24, 2.45) is 7.05 Å². The van der Waals surface area contributed by atoms with Gasteiger partial charge < -0.3 is 0 Å². The first-order valence-electron chi connectivity index (χ1n) is 3.43. The lowest BCUT2D eigenvalue weighted by molar-refractivity contribution is 0.776. The summed E-state index contributed by atoms with van der Waals surface area (Å²) in [6.07, 6.45) is 0. The molecule has 2 heterocycles. The maximum atomic E-state index is 8.74. The summed E-state index contributed by atoms with van der Waals surface area (Å²) >= 11 is 1.23. The molecule has 5 heteroatoms. The molecule has 0 bridgehead atoms. The number of aryl methyl sites for hydroxylation is 2. The van der Waals surface area contributed by atoms with E-state index in [9.17, 15) is 0 Å². The van der Waals surface area contributed by atoms with E-state index in [1.54, 1.807) is 4.68 Å². The average molecular weight is 178 g/mol. The van der Waals surface area contributed by atoms with Crippen LogP contribution in [0.5, 0.6) is 0 Å². The summed E-state index contributed by atoms with van der Waals surface area (Å²) in [4.78, 5) is 0.649. The molecule has 0 fully saturated rings. The van der Waals surface area contributed by atoms with E-state index in [1.807, 2.05) is 14.0 Å². The van der Waals surface area contributed by atoms with Crippen LogP contribution in [0.2, 0.25) is 0 Å². The molecule has 0 aliphatic heterocycles. The van der Waals surface area contributed by atoms with Crippen molar-refractivity contribution in [3.05, 3.63) is 10.6 Å². The molecule has 0 saturated carbocycles. The predicted octanol–water partition coefficient (Wildman–Crippen LogP) is 1.21. The zero-order valence-electron chi connectivity index (χ0n) is 6.70. The maximum Gasteiger partial charge on any atom is 0.172 e. The van der Waals surface area contributed by atoms with Gasteiger partial charge in [0.15, 0.2) is 5.65 Å². The SMILES string of the molecule is Cc1nn(C)c2nsc(C#N)c12. The van der Waals surface area contributed by atoms with Crippen LogP contribution in [0.4, 0.5) is 0 Å². The number of fused-ring (bicyclic) bond motifs is 1. The molecule has 60 valence electrons. The third-order valence-corrected chi connectivity index (χ3v) is 2.49. The molecule has 0 aliphatic rings. The first-order chi connectivity index (χ1) is 5.74. The van der Waals surface area contributed by atoms with E-state index in [0.29, 0.717) is 4.88 Å². The van der Waals surface area contributed by atoms with Crippen molar-refractivity contribution in [2.75, 3.05) is 0 Å². The molecule has 0 aromatic carbocycles. The second-order valence-corrected chi connectivity index (χ2v) is 3.30. The van der Waals surface area contributed by atoms with Crippen molar-refractivity contribution in [3.63, 3.8) is 0 Å². The smallest absolute Gasteiger partial charge is 0.172 e. The zero-order valence-corrected chi connectivity index (χ0v) is 7.51. The lowest BCUT2D eigenvalue weighted by atomic mass is 10.3. The standard InChI is InChI=1S/C7H6N4S/c1-4-6-5(3-8)12-10-7(6)11(2)9-4/h1-2H3. The van der Waals surface area contributed by atoms with Crippen LogP contribution in [0.15, 0.2) is 0 Å². The van der Waals surface area contributed by atoms with Crippen LogP contribution >= 0.6 is 11.5 Å². The monoisotopic (exact) mass is 178 g/mol. The first-order valence-corrected chi connectivity index (χ1v) is 4.20. The van der Waals surface area contributed by atoms with E-state index in [1.165, 1.54) is 11.5 Å². The fourth-order valence-electron chi connectivity index (χ4n) is 1.23. The van der Waals surface area contributed by atoms with E-state index >= 15 is 0 Å². The van der Waals surface area contributed by atoms with Crippen LogP contribution in [0.1, 0.15) is 10.6 Å². The van der Waals surface area contributed by atoms with Crippen LogP contribution in [0.3, 0.4) is 0 Å². The third-order valence-electron chi connectivity index (χ3n) is 1.74. The summed E-state index contributed by atoms with van der Waals surface area (Å²) in [7, 11) is 1.83. The number of hydrogen-bond acceptors (Lipinski definition) is 4. The Morgan fingerprint density at radius 1 is 1.58 bits per heavy atom. The molecule has 0 amide bonds. The van der Waals surface area contributed by atoms with Crippen molar-refractivity contribution < 1.29 is 0 Å². The Bertz CT molecular complexity index is 473. The minimum absolute atomic E-state index is 0.649. The first kappa shape index (κ1) is 7.25. The van der Waals surface area contributed by atoms with Gasteiger partial charge in [-0.2, -0.15) is 14.7 Å². The van der Waals surface area contributed by atoms with Gasteiger partial charge in [-0.1, -0.05) is 0 Å². The Hall–Kier alpha value is -1.41. The normalized spacial score (nSPS) is 10.4. The molecule has 0 radical (unpaired) electrons. The van der Waals surface area contributed by atoms with Crippen molar-refractivity contribution in [3.8, 4) is 6.07 Å². The molecule has 0 saturated heterocycles. The highest BCUT2D eigenvalue weighted by molar-refractivity contribution is 7.07. The lowest BCUT2D eigenvalue weighted by Gasteiger charge is -1.83. The topological polar surface area (TPSA) is 54.5 Å². The second kappa shape index (κ2) is 2.29. The van der Waals surface area contributed by atoms with Crippen molar-refractivity contribution in [2.45, 2.75) is 6.92 Å². The van der Waals surface area contributed by atoms with Gasteiger partial charge in [0.1, 0.15) is 10.9 Å². The Labute approximate surface area is 73.2 Å². The number of rotatable bonds is 0. The molecule has 2 aromatic rings. The third kappa shape index (κ3) is 0.756. The molecule has 0 spiro atoms. The van der Waals surface area contributed by atoms with Gasteiger partial charge in [0, 0.05) is 7.05 Å². The summed E-state index contributed by atoms with van der Waals surface area (Å²) < 4.78 is 5.83. The van der Waals surface area contributed by atoms with E-state index < -0.39 is 0 Å². The van der Waals surface area contributed by atoms with Crippen LogP contribution < -0.4 is 0 Å². The summed E-state index contributed by atoms with van der Waals surface area (Å²) in [5.74, 6) is 0. The van der Waals surface area contributed by atoms with Gasteiger partial charge in [0.05, 0.1) is 11.1 Å². The van der Waals surface area contributed by atoms with Gasteiger partial charge in [-0.3, -0.25) is 0 Å². The molecular weight excluding hydrogens is 172 g/mol. The maximum absolute atomic E-state index is 8.74. The molecule has 0 aliphatic carbocycles. The number of nitriles is 1. The Balaban J connectivity index is 2.95. The Kier molecular flexibility index (Phi) is 1.38. The number of hydrogen-bond donors (Lipinski definition) is 0. The lowest BCUT2D eigenvalue weighted by Crippen LogP contribution is -1.89. The Morgan fingerprint density at radius 3 is 3.00 bits per heavy atom. The van der Waals surface area contributed by atoms with E-state index in [-0.39, 0.29) is 0 Å². The van der Waals surface area contributed by atoms with Gasteiger partial charge in [0.2, 0.25) is 0 Å². The molecule has 2 aromatic heterocycles. The molecule has 2 rings (SSSR count). The molecule has 0 N–H and O–H groups in total. The summed E-state index contributed by atoms with van der Waals surface area (Å²) in [5.41, 5.74) is 1.67. The fourth-order valence-corrected chi connectivity index (χ4v) is 1.99. The van der Waals surface area contributed by atoms with Crippen LogP contribution in [0.25, 0.3) is 11.0 Å². The van der Waals surface area contributed by atoms with Crippen LogP contribution in [0, 0.1) is 18.3 Å². The van der Waals surface area contributed by atoms with E-state index in [2.05, 4.69) is 15.5 Å². The zero-order chi connectivity index (χ0) is 8.72. The summed E-state index contributed by atoms with van der Waals surface area (Å²) in [6.45, 7) is 1.89. The van der Waals surface area contributed by atoms with Crippen LogP contribution in [-0.2, 0) is 7.05 Å². The highest BCUT2D eigenvalue weighted by Crippen LogP contribution is 2.23. The largest absolute Gasteiger partial charge is 0.249 e. The predicted molar refractivity (Wildman–Crippen MR) is 45.8 cm³/mol. The highest BCUT2D eigenvalue weighted by Gasteiger charge is 2.12. The van der Waals surface area contributed by atoms with Crippen molar-refractivity contribution in [1.82, 2.24) is 14.2 Å². The number of aromatic nitrogens is 3. The fraction of sp³-hybridized carbons (Fsp3) is 0.286. The van der Waals surface area contributed by atoms with Gasteiger partial charge in [0.25, 0.3) is 0 Å². The average Bonchev–Trinajstić information content (AvgIpc) is 2.55. The minimum Gasteiger partial charge on any atom is -0.249 e. The summed E-state index contributed by atoms with van der Waals surface area (Å²) in [6, 6.07) is 2.11. The molecule has 12 heavy (non-hydrogen) atoms. The number of nitrogens with zero attached hydrogens (tertiary/aromatic N) is 4. The highest BCUT2D eigenvalue weighted by atomic mass is 32.1. The van der Waals surface area contributed by atoms with Gasteiger partial charge >= 0.3 is 0 Å². The molecule has 0 atom stereocenters. The minimum atomic E-state index is 0.649.